The van der Waals surface area contributed by atoms with Crippen LogP contribution in [0.5, 0.6) is 0 Å². The summed E-state index contributed by atoms with van der Waals surface area (Å²) in [5.41, 5.74) is 0.213. The van der Waals surface area contributed by atoms with Gasteiger partial charge >= 0.3 is 5.97 Å². The first-order valence-corrected chi connectivity index (χ1v) is 6.04. The van der Waals surface area contributed by atoms with Crippen LogP contribution in [0.1, 0.15) is 47.0 Å². The van der Waals surface area contributed by atoms with Crippen molar-refractivity contribution < 1.29 is 14.6 Å². The molecule has 1 heterocycles. The van der Waals surface area contributed by atoms with Crippen LogP contribution in [0.15, 0.2) is 0 Å². The number of piperidine rings is 1. The number of rotatable bonds is 3. The van der Waals surface area contributed by atoms with Gasteiger partial charge in [0, 0.05) is 25.0 Å². The SMILES string of the molecule is CCC(=O)OOC1CCN(C(C)(C)C)CC1. The summed E-state index contributed by atoms with van der Waals surface area (Å²) in [5.74, 6) is -0.293. The van der Waals surface area contributed by atoms with Crippen LogP contribution < -0.4 is 0 Å². The lowest BCUT2D eigenvalue weighted by Crippen LogP contribution is -2.47. The van der Waals surface area contributed by atoms with Crippen molar-refractivity contribution in [3.05, 3.63) is 0 Å². The van der Waals surface area contributed by atoms with Gasteiger partial charge in [-0.25, -0.2) is 4.79 Å². The van der Waals surface area contributed by atoms with Gasteiger partial charge in [-0.15, -0.1) is 0 Å². The van der Waals surface area contributed by atoms with Crippen LogP contribution in [0.2, 0.25) is 0 Å². The summed E-state index contributed by atoms with van der Waals surface area (Å²) in [6.45, 7) is 10.4. The Balaban J connectivity index is 2.25. The minimum Gasteiger partial charge on any atom is -0.298 e. The first-order chi connectivity index (χ1) is 7.43. The number of carbonyl (C=O) groups excluding carboxylic acids is 1. The Labute approximate surface area is 97.8 Å². The first kappa shape index (κ1) is 13.5. The highest BCUT2D eigenvalue weighted by atomic mass is 17.2. The fraction of sp³-hybridized carbons (Fsp3) is 0.917. The lowest BCUT2D eigenvalue weighted by atomic mass is 10.00. The lowest BCUT2D eigenvalue weighted by Gasteiger charge is -2.40. The molecule has 0 radical (unpaired) electrons. The van der Waals surface area contributed by atoms with Crippen LogP contribution in [-0.2, 0) is 14.6 Å². The molecule has 4 heteroatoms. The van der Waals surface area contributed by atoms with Gasteiger partial charge in [-0.1, -0.05) is 6.92 Å². The van der Waals surface area contributed by atoms with Gasteiger partial charge in [-0.2, -0.15) is 4.89 Å². The van der Waals surface area contributed by atoms with Gasteiger partial charge in [0.2, 0.25) is 0 Å². The second kappa shape index (κ2) is 5.64. The van der Waals surface area contributed by atoms with E-state index < -0.39 is 0 Å². The Morgan fingerprint density at radius 3 is 2.31 bits per heavy atom. The van der Waals surface area contributed by atoms with Crippen LogP contribution >= 0.6 is 0 Å². The summed E-state index contributed by atoms with van der Waals surface area (Å²) in [4.78, 5) is 23.2. The van der Waals surface area contributed by atoms with Gasteiger partial charge in [0.05, 0.1) is 0 Å². The number of nitrogens with zero attached hydrogens (tertiary/aromatic N) is 1. The van der Waals surface area contributed by atoms with Crippen LogP contribution in [0.25, 0.3) is 0 Å². The van der Waals surface area contributed by atoms with Gasteiger partial charge in [0.15, 0.2) is 0 Å². The molecule has 0 aromatic carbocycles. The highest BCUT2D eigenvalue weighted by Gasteiger charge is 2.28. The van der Waals surface area contributed by atoms with Crippen molar-refractivity contribution in [1.29, 1.82) is 0 Å². The third-order valence-corrected chi connectivity index (χ3v) is 2.96. The van der Waals surface area contributed by atoms with Gasteiger partial charge < -0.3 is 0 Å². The molecule has 94 valence electrons. The molecule has 0 spiro atoms. The van der Waals surface area contributed by atoms with Gasteiger partial charge in [0.1, 0.15) is 6.10 Å². The fourth-order valence-corrected chi connectivity index (χ4v) is 1.80. The quantitative estimate of drug-likeness (QED) is 0.549. The molecular formula is C12H23NO3. The molecule has 0 aliphatic carbocycles. The molecule has 0 saturated carbocycles. The van der Waals surface area contributed by atoms with E-state index >= 15 is 0 Å². The summed E-state index contributed by atoms with van der Waals surface area (Å²) in [6, 6.07) is 0. The molecule has 16 heavy (non-hydrogen) atoms. The number of hydrogen-bond donors (Lipinski definition) is 0. The normalized spacial score (nSPS) is 19.8. The number of likely N-dealkylation sites (tertiary alicyclic amines) is 1. The Bertz CT molecular complexity index is 227. The van der Waals surface area contributed by atoms with Crippen molar-refractivity contribution in [2.45, 2.75) is 58.6 Å². The largest absolute Gasteiger partial charge is 0.342 e. The summed E-state index contributed by atoms with van der Waals surface area (Å²) in [6.07, 6.45) is 2.28. The lowest BCUT2D eigenvalue weighted by molar-refractivity contribution is -0.303. The average Bonchev–Trinajstić information content (AvgIpc) is 2.25. The van der Waals surface area contributed by atoms with Crippen molar-refractivity contribution in [2.24, 2.45) is 0 Å². The summed E-state index contributed by atoms with van der Waals surface area (Å²) < 4.78 is 0. The zero-order valence-electron chi connectivity index (χ0n) is 10.8. The van der Waals surface area contributed by atoms with Gasteiger partial charge in [-0.05, 0) is 33.6 Å². The molecule has 0 N–H and O–H groups in total. The average molecular weight is 229 g/mol. The molecule has 1 aliphatic heterocycles. The number of hydrogen-bond acceptors (Lipinski definition) is 4. The fourth-order valence-electron chi connectivity index (χ4n) is 1.80. The molecule has 1 saturated heterocycles. The summed E-state index contributed by atoms with van der Waals surface area (Å²) in [7, 11) is 0. The van der Waals surface area contributed by atoms with Crippen LogP contribution in [-0.4, -0.2) is 35.6 Å². The molecule has 0 unspecified atom stereocenters. The van der Waals surface area contributed by atoms with Crippen LogP contribution in [0.3, 0.4) is 0 Å². The van der Waals surface area contributed by atoms with Crippen molar-refractivity contribution in [2.75, 3.05) is 13.1 Å². The predicted octanol–water partition coefficient (Wildman–Crippen LogP) is 2.13. The Morgan fingerprint density at radius 1 is 1.31 bits per heavy atom. The van der Waals surface area contributed by atoms with E-state index in [0.29, 0.717) is 6.42 Å². The van der Waals surface area contributed by atoms with E-state index in [2.05, 4.69) is 25.7 Å². The van der Waals surface area contributed by atoms with Crippen molar-refractivity contribution in [3.8, 4) is 0 Å². The monoisotopic (exact) mass is 229 g/mol. The third-order valence-electron chi connectivity index (χ3n) is 2.96. The van der Waals surface area contributed by atoms with Gasteiger partial charge in [-0.3, -0.25) is 9.79 Å². The Morgan fingerprint density at radius 2 is 1.88 bits per heavy atom. The Kier molecular flexibility index (Phi) is 4.74. The van der Waals surface area contributed by atoms with Crippen molar-refractivity contribution in [3.63, 3.8) is 0 Å². The smallest absolute Gasteiger partial charge is 0.298 e. The zero-order chi connectivity index (χ0) is 12.2. The predicted molar refractivity (Wildman–Crippen MR) is 61.8 cm³/mol. The zero-order valence-corrected chi connectivity index (χ0v) is 10.8. The molecule has 0 bridgehead atoms. The van der Waals surface area contributed by atoms with Crippen LogP contribution in [0, 0.1) is 0 Å². The topological polar surface area (TPSA) is 38.8 Å². The van der Waals surface area contributed by atoms with E-state index in [-0.39, 0.29) is 17.6 Å². The summed E-state index contributed by atoms with van der Waals surface area (Å²) >= 11 is 0. The first-order valence-electron chi connectivity index (χ1n) is 6.04. The van der Waals surface area contributed by atoms with E-state index in [1.807, 2.05) is 0 Å². The van der Waals surface area contributed by atoms with E-state index in [4.69, 9.17) is 9.78 Å². The van der Waals surface area contributed by atoms with Crippen molar-refractivity contribution >= 4 is 5.97 Å². The molecule has 1 fully saturated rings. The summed E-state index contributed by atoms with van der Waals surface area (Å²) in [5, 5.41) is 0. The molecule has 1 aliphatic rings. The second-order valence-corrected chi connectivity index (χ2v) is 5.26. The number of carbonyl (C=O) groups is 1. The Hall–Kier alpha value is -0.610. The molecule has 0 amide bonds. The minimum atomic E-state index is -0.293. The standard InChI is InChI=1S/C12H23NO3/c1-5-11(14)16-15-10-6-8-13(9-7-10)12(2,3)4/h10H,5-9H2,1-4H3. The molecule has 0 aromatic rings. The third kappa shape index (κ3) is 4.10. The van der Waals surface area contributed by atoms with E-state index in [0.717, 1.165) is 25.9 Å². The van der Waals surface area contributed by atoms with E-state index in [1.165, 1.54) is 0 Å². The molecule has 4 nitrogen and oxygen atoms in total. The minimum absolute atomic E-state index is 0.0640. The van der Waals surface area contributed by atoms with E-state index in [9.17, 15) is 4.79 Å². The molecule has 1 rings (SSSR count). The molecule has 0 atom stereocenters. The van der Waals surface area contributed by atoms with Crippen LogP contribution in [0.4, 0.5) is 0 Å². The molecule has 0 aromatic heterocycles. The highest BCUT2D eigenvalue weighted by Crippen LogP contribution is 2.21. The van der Waals surface area contributed by atoms with Gasteiger partial charge in [0.25, 0.3) is 0 Å². The van der Waals surface area contributed by atoms with E-state index in [1.54, 1.807) is 6.92 Å². The maximum atomic E-state index is 10.9. The highest BCUT2D eigenvalue weighted by molar-refractivity contribution is 5.68. The molecular weight excluding hydrogens is 206 g/mol. The van der Waals surface area contributed by atoms with Crippen molar-refractivity contribution in [1.82, 2.24) is 4.90 Å². The second-order valence-electron chi connectivity index (χ2n) is 5.26. The maximum Gasteiger partial charge on any atom is 0.342 e. The maximum absolute atomic E-state index is 10.9.